The lowest BCUT2D eigenvalue weighted by molar-refractivity contribution is 0.904. The molecule has 0 saturated heterocycles. The number of benzene rings is 2. The van der Waals surface area contributed by atoms with Gasteiger partial charge in [-0.1, -0.05) is 30.3 Å². The van der Waals surface area contributed by atoms with Crippen LogP contribution in [0.3, 0.4) is 0 Å². The van der Waals surface area contributed by atoms with Crippen LogP contribution in [0.1, 0.15) is 18.1 Å². The van der Waals surface area contributed by atoms with E-state index in [-0.39, 0.29) is 37.2 Å². The summed E-state index contributed by atoms with van der Waals surface area (Å²) in [6, 6.07) is 16.5. The number of nitrogens with zero attached hydrogens (tertiary/aromatic N) is 2. The summed E-state index contributed by atoms with van der Waals surface area (Å²) in [4.78, 5) is 6.33. The van der Waals surface area contributed by atoms with E-state index in [0.717, 1.165) is 23.5 Å². The molecule has 0 heterocycles. The van der Waals surface area contributed by atoms with E-state index in [1.807, 2.05) is 25.1 Å². The molecule has 0 bridgehead atoms. The maximum absolute atomic E-state index is 5.92. The van der Waals surface area contributed by atoms with Crippen molar-refractivity contribution in [2.45, 2.75) is 20.0 Å². The lowest BCUT2D eigenvalue weighted by atomic mass is 10.1. The van der Waals surface area contributed by atoms with Gasteiger partial charge in [-0.3, -0.25) is 4.99 Å². The Morgan fingerprint density at radius 3 is 2.31 bits per heavy atom. The fraction of sp³-hybridized carbons (Fsp3) is 0.278. The zero-order valence-corrected chi connectivity index (χ0v) is 17.5. The number of guanidine groups is 1. The molecule has 0 aromatic heterocycles. The average molecular weight is 421 g/mol. The van der Waals surface area contributed by atoms with E-state index < -0.39 is 0 Å². The van der Waals surface area contributed by atoms with Crippen LogP contribution in [0, 0.1) is 0 Å². The predicted molar refractivity (Wildman–Crippen MR) is 120 cm³/mol. The molecule has 0 fully saturated rings. The summed E-state index contributed by atoms with van der Waals surface area (Å²) in [5, 5.41) is 3.09. The number of rotatable bonds is 6. The number of aliphatic imine (C=N–C) groups is 1. The van der Waals surface area contributed by atoms with Crippen molar-refractivity contribution in [2.75, 3.05) is 23.8 Å². The summed E-state index contributed by atoms with van der Waals surface area (Å²) in [5.74, 6) is 0.417. The summed E-state index contributed by atoms with van der Waals surface area (Å²) < 4.78 is 0. The van der Waals surface area contributed by atoms with Crippen LogP contribution in [0.15, 0.2) is 53.5 Å². The van der Waals surface area contributed by atoms with E-state index in [1.54, 1.807) is 0 Å². The van der Waals surface area contributed by atoms with Gasteiger partial charge in [-0.25, -0.2) is 0 Å². The molecule has 26 heavy (non-hydrogen) atoms. The van der Waals surface area contributed by atoms with Gasteiger partial charge in [-0.2, -0.15) is 0 Å². The molecule has 0 aliphatic carbocycles. The number of hydrogen-bond donors (Lipinski definition) is 3. The number of hydrogen-bond acceptors (Lipinski definition) is 3. The van der Waals surface area contributed by atoms with E-state index in [9.17, 15) is 0 Å². The van der Waals surface area contributed by atoms with Crippen LogP contribution in [0.4, 0.5) is 11.4 Å². The number of halogens is 3. The van der Waals surface area contributed by atoms with Crippen molar-refractivity contribution < 1.29 is 0 Å². The fourth-order valence-electron chi connectivity index (χ4n) is 2.50. The van der Waals surface area contributed by atoms with Gasteiger partial charge in [0.25, 0.3) is 0 Å². The molecule has 2 rings (SSSR count). The van der Waals surface area contributed by atoms with Gasteiger partial charge in [0.15, 0.2) is 5.96 Å². The monoisotopic (exact) mass is 419 g/mol. The summed E-state index contributed by atoms with van der Waals surface area (Å²) in [5.41, 5.74) is 16.1. The second-order valence-corrected chi connectivity index (χ2v) is 5.37. The Hall–Kier alpha value is -1.66. The highest BCUT2D eigenvalue weighted by Crippen LogP contribution is 2.24. The predicted octanol–water partition coefficient (Wildman–Crippen LogP) is 3.79. The van der Waals surface area contributed by atoms with Crippen LogP contribution in [0.2, 0.25) is 0 Å². The van der Waals surface area contributed by atoms with Crippen molar-refractivity contribution in [1.29, 1.82) is 0 Å². The molecule has 146 valence electrons. The Morgan fingerprint density at radius 2 is 1.73 bits per heavy atom. The molecule has 0 unspecified atom stereocenters. The molecule has 0 aliphatic heterocycles. The van der Waals surface area contributed by atoms with Gasteiger partial charge in [0.05, 0.1) is 0 Å². The van der Waals surface area contributed by atoms with Gasteiger partial charge >= 0.3 is 0 Å². The maximum atomic E-state index is 5.92. The minimum atomic E-state index is 0. The van der Waals surface area contributed by atoms with Crippen molar-refractivity contribution in [1.82, 2.24) is 0 Å². The molecule has 5 nitrogen and oxygen atoms in total. The normalized spacial score (nSPS) is 10.0. The molecule has 5 N–H and O–H groups in total. The van der Waals surface area contributed by atoms with E-state index in [4.69, 9.17) is 11.5 Å². The molecular formula is C18H28Cl3N5. The first-order valence-electron chi connectivity index (χ1n) is 7.79. The van der Waals surface area contributed by atoms with Crippen LogP contribution >= 0.6 is 37.2 Å². The summed E-state index contributed by atoms with van der Waals surface area (Å²) in [6.45, 7) is 3.90. The first-order chi connectivity index (χ1) is 11.1. The topological polar surface area (TPSA) is 79.7 Å². The lowest BCUT2D eigenvalue weighted by Gasteiger charge is -2.23. The van der Waals surface area contributed by atoms with Gasteiger partial charge in [0, 0.05) is 38.1 Å². The van der Waals surface area contributed by atoms with E-state index in [0.29, 0.717) is 19.0 Å². The zero-order valence-electron chi connectivity index (χ0n) is 15.0. The highest BCUT2D eigenvalue weighted by molar-refractivity contribution is 5.92. The Balaban J connectivity index is 0. The van der Waals surface area contributed by atoms with Crippen molar-refractivity contribution >= 4 is 54.6 Å². The highest BCUT2D eigenvalue weighted by Gasteiger charge is 2.08. The van der Waals surface area contributed by atoms with Crippen LogP contribution < -0.4 is 21.7 Å². The molecule has 8 heteroatoms. The van der Waals surface area contributed by atoms with Crippen LogP contribution in [0.5, 0.6) is 0 Å². The molecule has 2 aromatic rings. The van der Waals surface area contributed by atoms with Crippen LogP contribution in [0.25, 0.3) is 0 Å². The number of nitrogens with two attached hydrogens (primary N) is 2. The molecule has 0 atom stereocenters. The SMILES string of the molecule is CCN=C(N)Nc1ccc(N(C)Cc2ccccc2)c(CN)c1.Cl.Cl.Cl. The number of nitrogens with one attached hydrogen (secondary N) is 1. The average Bonchev–Trinajstić information content (AvgIpc) is 2.55. The van der Waals surface area contributed by atoms with Crippen molar-refractivity contribution in [3.05, 3.63) is 59.7 Å². The van der Waals surface area contributed by atoms with Gasteiger partial charge in [-0.15, -0.1) is 37.2 Å². The maximum Gasteiger partial charge on any atom is 0.193 e. The summed E-state index contributed by atoms with van der Waals surface area (Å²) in [6.07, 6.45) is 0. The Labute approximate surface area is 174 Å². The third kappa shape index (κ3) is 7.70. The smallest absolute Gasteiger partial charge is 0.193 e. The second-order valence-electron chi connectivity index (χ2n) is 5.37. The third-order valence-electron chi connectivity index (χ3n) is 3.57. The lowest BCUT2D eigenvalue weighted by Crippen LogP contribution is -2.23. The van der Waals surface area contributed by atoms with Crippen molar-refractivity contribution in [2.24, 2.45) is 16.5 Å². The van der Waals surface area contributed by atoms with E-state index in [1.165, 1.54) is 5.56 Å². The standard InChI is InChI=1S/C18H25N5.3ClH/c1-3-21-18(20)22-16-9-10-17(15(11-16)12-19)23(2)13-14-7-5-4-6-8-14;;;/h4-11H,3,12-13,19H2,1-2H3,(H3,20,21,22);3*1H. The van der Waals surface area contributed by atoms with Gasteiger partial charge in [0.1, 0.15) is 0 Å². The van der Waals surface area contributed by atoms with Gasteiger partial charge < -0.3 is 21.7 Å². The van der Waals surface area contributed by atoms with Gasteiger partial charge in [0.2, 0.25) is 0 Å². The van der Waals surface area contributed by atoms with E-state index in [2.05, 4.69) is 52.6 Å². The summed E-state index contributed by atoms with van der Waals surface area (Å²) in [7, 11) is 2.07. The van der Waals surface area contributed by atoms with Gasteiger partial charge in [-0.05, 0) is 36.2 Å². The molecule has 0 radical (unpaired) electrons. The third-order valence-corrected chi connectivity index (χ3v) is 3.57. The molecule has 0 amide bonds. The highest BCUT2D eigenvalue weighted by atomic mass is 35.5. The van der Waals surface area contributed by atoms with Crippen LogP contribution in [-0.4, -0.2) is 19.6 Å². The molecule has 0 aliphatic rings. The minimum absolute atomic E-state index is 0. The number of anilines is 2. The first-order valence-corrected chi connectivity index (χ1v) is 7.79. The molecular weight excluding hydrogens is 393 g/mol. The van der Waals surface area contributed by atoms with Crippen molar-refractivity contribution in [3.63, 3.8) is 0 Å². The fourth-order valence-corrected chi connectivity index (χ4v) is 2.50. The second kappa shape index (κ2) is 13.5. The molecule has 0 spiro atoms. The van der Waals surface area contributed by atoms with Crippen molar-refractivity contribution in [3.8, 4) is 0 Å². The Morgan fingerprint density at radius 1 is 1.08 bits per heavy atom. The Bertz CT molecular complexity index is 665. The minimum Gasteiger partial charge on any atom is -0.370 e. The quantitative estimate of drug-likeness (QED) is 0.490. The summed E-state index contributed by atoms with van der Waals surface area (Å²) >= 11 is 0. The largest absolute Gasteiger partial charge is 0.370 e. The molecule has 2 aromatic carbocycles. The van der Waals surface area contributed by atoms with Crippen LogP contribution in [-0.2, 0) is 13.1 Å². The van der Waals surface area contributed by atoms with E-state index >= 15 is 0 Å². The molecule has 0 saturated carbocycles. The zero-order chi connectivity index (χ0) is 16.7. The first kappa shape index (κ1) is 26.6. The Kier molecular flexibility index (Phi) is 13.8.